The summed E-state index contributed by atoms with van der Waals surface area (Å²) in [6.07, 6.45) is 0. The number of nitrogens with zero attached hydrogens (tertiary/aromatic N) is 3. The number of carbonyl (C=O) groups is 1. The summed E-state index contributed by atoms with van der Waals surface area (Å²) in [7, 11) is 0. The highest BCUT2D eigenvalue weighted by Crippen LogP contribution is 2.27. The van der Waals surface area contributed by atoms with E-state index < -0.39 is 0 Å². The van der Waals surface area contributed by atoms with Crippen molar-refractivity contribution in [2.24, 2.45) is 0 Å². The van der Waals surface area contributed by atoms with Crippen LogP contribution in [0.1, 0.15) is 15.2 Å². The van der Waals surface area contributed by atoms with Crippen LogP contribution in [-0.2, 0) is 6.54 Å². The second-order valence-corrected chi connectivity index (χ2v) is 8.80. The van der Waals surface area contributed by atoms with Crippen molar-refractivity contribution in [3.05, 3.63) is 98.7 Å². The van der Waals surface area contributed by atoms with Crippen LogP contribution < -0.4 is 10.5 Å². The molecule has 5 rings (SSSR count). The molecule has 0 radical (unpaired) electrons. The maximum absolute atomic E-state index is 13.3. The number of anilines is 1. The topological polar surface area (TPSA) is 45.6 Å². The number of piperazine rings is 1. The van der Waals surface area contributed by atoms with Crippen molar-refractivity contribution in [1.29, 1.82) is 0 Å². The van der Waals surface area contributed by atoms with Crippen LogP contribution in [0.2, 0.25) is 0 Å². The Morgan fingerprint density at radius 2 is 1.69 bits per heavy atom. The molecule has 0 spiro atoms. The van der Waals surface area contributed by atoms with Gasteiger partial charge in [0.2, 0.25) is 0 Å². The Balaban J connectivity index is 1.42. The van der Waals surface area contributed by atoms with Gasteiger partial charge in [0.25, 0.3) is 11.5 Å². The lowest BCUT2D eigenvalue weighted by molar-refractivity contribution is 0.0751. The third-order valence-corrected chi connectivity index (χ3v) is 6.75. The maximum Gasteiger partial charge on any atom is 0.264 e. The lowest BCUT2D eigenvalue weighted by Gasteiger charge is -2.36. The molecule has 1 amide bonds. The molecule has 7 heteroatoms. The SMILES string of the molecule is O=C(c1cccs1)N1CCN(c2cc(=O)n(Cc3ccc(F)cc3)c3ccccc23)CC1. The van der Waals surface area contributed by atoms with E-state index in [2.05, 4.69) is 4.90 Å². The summed E-state index contributed by atoms with van der Waals surface area (Å²) in [6.45, 7) is 2.95. The molecule has 0 saturated carbocycles. The quantitative estimate of drug-likeness (QED) is 0.471. The number of rotatable bonds is 4. The monoisotopic (exact) mass is 447 g/mol. The number of hydrogen-bond acceptors (Lipinski definition) is 4. The molecule has 2 aromatic carbocycles. The minimum Gasteiger partial charge on any atom is -0.367 e. The molecule has 0 unspecified atom stereocenters. The van der Waals surface area contributed by atoms with Crippen LogP contribution in [0.4, 0.5) is 10.1 Å². The molecular weight excluding hydrogens is 425 g/mol. The van der Waals surface area contributed by atoms with E-state index in [1.165, 1.54) is 23.5 Å². The molecule has 1 saturated heterocycles. The van der Waals surface area contributed by atoms with E-state index in [-0.39, 0.29) is 17.3 Å². The van der Waals surface area contributed by atoms with Gasteiger partial charge >= 0.3 is 0 Å². The summed E-state index contributed by atoms with van der Waals surface area (Å²) in [5.74, 6) is -0.225. The Bertz CT molecular complexity index is 1310. The van der Waals surface area contributed by atoms with Crippen molar-refractivity contribution in [1.82, 2.24) is 9.47 Å². The zero-order chi connectivity index (χ0) is 22.1. The fraction of sp³-hybridized carbons (Fsp3) is 0.200. The standard InChI is InChI=1S/C25H22FN3O2S/c26-19-9-7-18(8-10-19)17-29-21-5-2-1-4-20(21)22(16-24(29)30)27-11-13-28(14-12-27)25(31)23-6-3-15-32-23/h1-10,15-16H,11-14,17H2. The highest BCUT2D eigenvalue weighted by molar-refractivity contribution is 7.12. The largest absolute Gasteiger partial charge is 0.367 e. The predicted molar refractivity (Wildman–Crippen MR) is 126 cm³/mol. The van der Waals surface area contributed by atoms with Gasteiger partial charge in [-0.3, -0.25) is 9.59 Å². The first-order valence-electron chi connectivity index (χ1n) is 10.5. The van der Waals surface area contributed by atoms with Gasteiger partial charge < -0.3 is 14.4 Å². The van der Waals surface area contributed by atoms with Crippen LogP contribution in [0.15, 0.2) is 76.9 Å². The third-order valence-electron chi connectivity index (χ3n) is 5.89. The van der Waals surface area contributed by atoms with Gasteiger partial charge in [-0.25, -0.2) is 4.39 Å². The van der Waals surface area contributed by atoms with Crippen LogP contribution in [0.5, 0.6) is 0 Å². The summed E-state index contributed by atoms with van der Waals surface area (Å²) in [5, 5.41) is 2.91. The highest BCUT2D eigenvalue weighted by atomic mass is 32.1. The number of carbonyl (C=O) groups excluding carboxylic acids is 1. The Morgan fingerprint density at radius 1 is 0.938 bits per heavy atom. The van der Waals surface area contributed by atoms with E-state index in [1.807, 2.05) is 46.7 Å². The molecular formula is C25H22FN3O2S. The van der Waals surface area contributed by atoms with Gasteiger partial charge in [0.15, 0.2) is 0 Å². The number of fused-ring (bicyclic) bond motifs is 1. The molecule has 4 aromatic rings. The average molecular weight is 448 g/mol. The average Bonchev–Trinajstić information content (AvgIpc) is 3.37. The van der Waals surface area contributed by atoms with E-state index in [0.717, 1.165) is 27.0 Å². The highest BCUT2D eigenvalue weighted by Gasteiger charge is 2.24. The van der Waals surface area contributed by atoms with Crippen molar-refractivity contribution < 1.29 is 9.18 Å². The number of para-hydroxylation sites is 1. The van der Waals surface area contributed by atoms with Crippen LogP contribution in [0.3, 0.4) is 0 Å². The van der Waals surface area contributed by atoms with E-state index in [0.29, 0.717) is 32.7 Å². The first kappa shape index (κ1) is 20.5. The van der Waals surface area contributed by atoms with Crippen LogP contribution in [0, 0.1) is 5.82 Å². The molecule has 5 nitrogen and oxygen atoms in total. The Hall–Kier alpha value is -3.45. The number of benzene rings is 2. The summed E-state index contributed by atoms with van der Waals surface area (Å²) < 4.78 is 15.0. The minimum absolute atomic E-state index is 0.0687. The first-order chi connectivity index (χ1) is 15.6. The van der Waals surface area contributed by atoms with Gasteiger partial charge in [-0.15, -0.1) is 11.3 Å². The zero-order valence-electron chi connectivity index (χ0n) is 17.4. The molecule has 1 fully saturated rings. The number of aromatic nitrogens is 1. The number of amides is 1. The van der Waals surface area contributed by atoms with Crippen molar-refractivity contribution in [3.63, 3.8) is 0 Å². The fourth-order valence-electron chi connectivity index (χ4n) is 4.22. The Morgan fingerprint density at radius 3 is 2.41 bits per heavy atom. The number of hydrogen-bond donors (Lipinski definition) is 0. The van der Waals surface area contributed by atoms with Crippen molar-refractivity contribution >= 4 is 33.8 Å². The van der Waals surface area contributed by atoms with Gasteiger partial charge in [0.05, 0.1) is 22.6 Å². The van der Waals surface area contributed by atoms with Gasteiger partial charge in [-0.05, 0) is 35.2 Å². The van der Waals surface area contributed by atoms with Crippen molar-refractivity contribution in [2.45, 2.75) is 6.54 Å². The molecule has 32 heavy (non-hydrogen) atoms. The summed E-state index contributed by atoms with van der Waals surface area (Å²) in [5.41, 5.74) is 2.51. The minimum atomic E-state index is -0.294. The predicted octanol–water partition coefficient (Wildman–Crippen LogP) is 4.21. The number of halogens is 1. The van der Waals surface area contributed by atoms with E-state index in [1.54, 1.807) is 22.8 Å². The number of thiophene rings is 1. The lowest BCUT2D eigenvalue weighted by Crippen LogP contribution is -2.49. The van der Waals surface area contributed by atoms with Crippen LogP contribution in [-0.4, -0.2) is 41.6 Å². The molecule has 1 aliphatic heterocycles. The molecule has 1 aliphatic rings. The smallest absolute Gasteiger partial charge is 0.264 e. The van der Waals surface area contributed by atoms with Gasteiger partial charge in [0.1, 0.15) is 5.82 Å². The van der Waals surface area contributed by atoms with Crippen LogP contribution >= 0.6 is 11.3 Å². The van der Waals surface area contributed by atoms with E-state index in [9.17, 15) is 14.0 Å². The molecule has 0 N–H and O–H groups in total. The van der Waals surface area contributed by atoms with Gasteiger partial charge in [0, 0.05) is 37.6 Å². The second kappa shape index (κ2) is 8.59. The molecule has 162 valence electrons. The van der Waals surface area contributed by atoms with E-state index >= 15 is 0 Å². The third kappa shape index (κ3) is 3.91. The van der Waals surface area contributed by atoms with E-state index in [4.69, 9.17) is 0 Å². The Kier molecular flexibility index (Phi) is 5.49. The fourth-order valence-corrected chi connectivity index (χ4v) is 4.91. The molecule has 0 atom stereocenters. The van der Waals surface area contributed by atoms with Gasteiger partial charge in [-0.1, -0.05) is 36.4 Å². The number of pyridine rings is 1. The molecule has 3 heterocycles. The zero-order valence-corrected chi connectivity index (χ0v) is 18.2. The van der Waals surface area contributed by atoms with Crippen molar-refractivity contribution in [3.8, 4) is 0 Å². The summed E-state index contributed by atoms with van der Waals surface area (Å²) in [6, 6.07) is 19.5. The summed E-state index contributed by atoms with van der Waals surface area (Å²) in [4.78, 5) is 30.6. The molecule has 2 aromatic heterocycles. The Labute approximate surface area is 188 Å². The molecule has 0 aliphatic carbocycles. The first-order valence-corrected chi connectivity index (χ1v) is 11.4. The molecule has 0 bridgehead atoms. The lowest BCUT2D eigenvalue weighted by atomic mass is 10.1. The van der Waals surface area contributed by atoms with Crippen LogP contribution in [0.25, 0.3) is 10.9 Å². The summed E-state index contributed by atoms with van der Waals surface area (Å²) >= 11 is 1.46. The normalized spacial score (nSPS) is 14.2. The second-order valence-electron chi connectivity index (χ2n) is 7.85. The van der Waals surface area contributed by atoms with Gasteiger partial charge in [-0.2, -0.15) is 0 Å². The van der Waals surface area contributed by atoms with Crippen molar-refractivity contribution in [2.75, 3.05) is 31.1 Å². The maximum atomic E-state index is 13.3.